The van der Waals surface area contributed by atoms with Crippen molar-refractivity contribution in [3.05, 3.63) is 28.2 Å². The zero-order chi connectivity index (χ0) is 13.7. The number of hydrogen-bond acceptors (Lipinski definition) is 2. The molecule has 0 aromatic heterocycles. The minimum Gasteiger partial charge on any atom is -0.496 e. The topological polar surface area (TPSA) is 29.5 Å². The van der Waals surface area contributed by atoms with Crippen LogP contribution in [0.15, 0.2) is 22.7 Å². The van der Waals surface area contributed by atoms with Crippen LogP contribution < -0.4 is 4.74 Å². The number of carbonyl (C=O) groups excluding carboxylic acids is 1. The monoisotopic (exact) mass is 313 g/mol. The highest BCUT2D eigenvalue weighted by Crippen LogP contribution is 2.26. The SMILES string of the molecule is COc1ccc(C(=O)N(C)CCC(C)C)cc1Br. The zero-order valence-corrected chi connectivity index (χ0v) is 13.0. The summed E-state index contributed by atoms with van der Waals surface area (Å²) in [5.74, 6) is 1.37. The number of amides is 1. The van der Waals surface area contributed by atoms with Crippen molar-refractivity contribution in [3.8, 4) is 5.75 Å². The van der Waals surface area contributed by atoms with E-state index in [1.807, 2.05) is 7.05 Å². The van der Waals surface area contributed by atoms with Crippen LogP contribution in [0, 0.1) is 5.92 Å². The molecule has 0 heterocycles. The second-order valence-electron chi connectivity index (χ2n) is 4.76. The summed E-state index contributed by atoms with van der Waals surface area (Å²) >= 11 is 3.39. The van der Waals surface area contributed by atoms with Crippen LogP contribution in [0.1, 0.15) is 30.6 Å². The van der Waals surface area contributed by atoms with Crippen LogP contribution in [0.3, 0.4) is 0 Å². The van der Waals surface area contributed by atoms with Crippen LogP contribution in [0.4, 0.5) is 0 Å². The summed E-state index contributed by atoms with van der Waals surface area (Å²) in [5, 5.41) is 0. The molecule has 0 saturated carbocycles. The van der Waals surface area contributed by atoms with E-state index in [1.54, 1.807) is 30.2 Å². The van der Waals surface area contributed by atoms with Crippen LogP contribution in [-0.4, -0.2) is 31.5 Å². The maximum Gasteiger partial charge on any atom is 0.253 e. The first-order valence-corrected chi connectivity index (χ1v) is 6.84. The van der Waals surface area contributed by atoms with Gasteiger partial charge in [-0.1, -0.05) is 13.8 Å². The number of nitrogens with zero attached hydrogens (tertiary/aromatic N) is 1. The van der Waals surface area contributed by atoms with Crippen molar-refractivity contribution in [1.82, 2.24) is 4.90 Å². The van der Waals surface area contributed by atoms with E-state index in [4.69, 9.17) is 4.74 Å². The maximum absolute atomic E-state index is 12.2. The Kier molecular flexibility index (Phi) is 5.66. The number of halogens is 1. The summed E-state index contributed by atoms with van der Waals surface area (Å²) < 4.78 is 5.95. The molecule has 100 valence electrons. The zero-order valence-electron chi connectivity index (χ0n) is 11.4. The van der Waals surface area contributed by atoms with Crippen molar-refractivity contribution < 1.29 is 9.53 Å². The van der Waals surface area contributed by atoms with Crippen molar-refractivity contribution >= 4 is 21.8 Å². The van der Waals surface area contributed by atoms with Gasteiger partial charge in [-0.25, -0.2) is 0 Å². The molecule has 0 saturated heterocycles. The molecule has 1 aromatic carbocycles. The smallest absolute Gasteiger partial charge is 0.253 e. The lowest BCUT2D eigenvalue weighted by atomic mass is 10.1. The van der Waals surface area contributed by atoms with Crippen molar-refractivity contribution in [2.45, 2.75) is 20.3 Å². The second-order valence-corrected chi connectivity index (χ2v) is 5.61. The minimum absolute atomic E-state index is 0.0407. The molecular weight excluding hydrogens is 294 g/mol. The van der Waals surface area contributed by atoms with Crippen molar-refractivity contribution in [1.29, 1.82) is 0 Å². The molecule has 0 aliphatic rings. The average molecular weight is 314 g/mol. The fraction of sp³-hybridized carbons (Fsp3) is 0.500. The van der Waals surface area contributed by atoms with Gasteiger partial charge in [0.25, 0.3) is 5.91 Å². The Hall–Kier alpha value is -1.03. The first-order valence-electron chi connectivity index (χ1n) is 6.04. The van der Waals surface area contributed by atoms with Crippen LogP contribution in [0.5, 0.6) is 5.75 Å². The molecule has 1 amide bonds. The predicted octanol–water partition coefficient (Wildman–Crippen LogP) is 3.58. The van der Waals surface area contributed by atoms with Gasteiger partial charge in [-0.15, -0.1) is 0 Å². The third-order valence-corrected chi connectivity index (χ3v) is 3.41. The van der Waals surface area contributed by atoms with E-state index >= 15 is 0 Å². The lowest BCUT2D eigenvalue weighted by Crippen LogP contribution is -2.28. The van der Waals surface area contributed by atoms with E-state index in [2.05, 4.69) is 29.8 Å². The van der Waals surface area contributed by atoms with Gasteiger partial charge in [0.1, 0.15) is 5.75 Å². The fourth-order valence-corrected chi connectivity index (χ4v) is 2.11. The Labute approximate surface area is 117 Å². The highest BCUT2D eigenvalue weighted by Gasteiger charge is 2.13. The molecule has 1 rings (SSSR count). The molecule has 0 radical (unpaired) electrons. The molecule has 1 aromatic rings. The van der Waals surface area contributed by atoms with E-state index < -0.39 is 0 Å². The summed E-state index contributed by atoms with van der Waals surface area (Å²) in [7, 11) is 3.44. The largest absolute Gasteiger partial charge is 0.496 e. The maximum atomic E-state index is 12.2. The normalized spacial score (nSPS) is 10.6. The molecule has 18 heavy (non-hydrogen) atoms. The van der Waals surface area contributed by atoms with Crippen LogP contribution in [0.25, 0.3) is 0 Å². The van der Waals surface area contributed by atoms with Gasteiger partial charge in [-0.05, 0) is 46.5 Å². The van der Waals surface area contributed by atoms with E-state index in [9.17, 15) is 4.79 Å². The lowest BCUT2D eigenvalue weighted by molar-refractivity contribution is 0.0789. The summed E-state index contributed by atoms with van der Waals surface area (Å²) in [5.41, 5.74) is 0.675. The average Bonchev–Trinajstić information content (AvgIpc) is 2.34. The van der Waals surface area contributed by atoms with E-state index in [1.165, 1.54) is 0 Å². The molecular formula is C14H20BrNO2. The van der Waals surface area contributed by atoms with Gasteiger partial charge in [-0.2, -0.15) is 0 Å². The van der Waals surface area contributed by atoms with Gasteiger partial charge < -0.3 is 9.64 Å². The van der Waals surface area contributed by atoms with Gasteiger partial charge >= 0.3 is 0 Å². The van der Waals surface area contributed by atoms with E-state index in [0.29, 0.717) is 11.5 Å². The number of carbonyl (C=O) groups is 1. The van der Waals surface area contributed by atoms with E-state index in [-0.39, 0.29) is 5.91 Å². The van der Waals surface area contributed by atoms with Crippen LogP contribution in [0.2, 0.25) is 0 Å². The third-order valence-electron chi connectivity index (χ3n) is 2.79. The van der Waals surface area contributed by atoms with Gasteiger partial charge in [0, 0.05) is 19.2 Å². The first-order chi connectivity index (χ1) is 8.45. The van der Waals surface area contributed by atoms with Gasteiger partial charge in [0.2, 0.25) is 0 Å². The molecule has 0 aliphatic carbocycles. The quantitative estimate of drug-likeness (QED) is 0.831. The number of methoxy groups -OCH3 is 1. The lowest BCUT2D eigenvalue weighted by Gasteiger charge is -2.18. The highest BCUT2D eigenvalue weighted by atomic mass is 79.9. The van der Waals surface area contributed by atoms with Gasteiger partial charge in [0.15, 0.2) is 0 Å². The van der Waals surface area contributed by atoms with Gasteiger partial charge in [0.05, 0.1) is 11.6 Å². The number of rotatable bonds is 5. The minimum atomic E-state index is 0.0407. The Morgan fingerprint density at radius 2 is 2.11 bits per heavy atom. The molecule has 0 N–H and O–H groups in total. The predicted molar refractivity (Wildman–Crippen MR) is 77.1 cm³/mol. The molecule has 0 aliphatic heterocycles. The summed E-state index contributed by atoms with van der Waals surface area (Å²) in [4.78, 5) is 13.9. The van der Waals surface area contributed by atoms with Crippen molar-refractivity contribution in [3.63, 3.8) is 0 Å². The Morgan fingerprint density at radius 1 is 1.44 bits per heavy atom. The fourth-order valence-electron chi connectivity index (χ4n) is 1.57. The highest BCUT2D eigenvalue weighted by molar-refractivity contribution is 9.10. The molecule has 0 atom stereocenters. The Balaban J connectivity index is 2.74. The number of benzene rings is 1. The second kappa shape index (κ2) is 6.78. The molecule has 4 heteroatoms. The molecule has 0 unspecified atom stereocenters. The molecule has 0 fully saturated rings. The third kappa shape index (κ3) is 4.02. The van der Waals surface area contributed by atoms with Crippen molar-refractivity contribution in [2.24, 2.45) is 5.92 Å². The van der Waals surface area contributed by atoms with Crippen LogP contribution in [-0.2, 0) is 0 Å². The van der Waals surface area contributed by atoms with Crippen LogP contribution >= 0.6 is 15.9 Å². The molecule has 0 spiro atoms. The van der Waals surface area contributed by atoms with Crippen molar-refractivity contribution in [2.75, 3.05) is 20.7 Å². The summed E-state index contributed by atoms with van der Waals surface area (Å²) in [6.07, 6.45) is 1.01. The standard InChI is InChI=1S/C14H20BrNO2/c1-10(2)7-8-16(3)14(17)11-5-6-13(18-4)12(15)9-11/h5-6,9-10H,7-8H2,1-4H3. The molecule has 3 nitrogen and oxygen atoms in total. The number of hydrogen-bond donors (Lipinski definition) is 0. The Bertz CT molecular complexity index is 418. The number of ether oxygens (including phenoxy) is 1. The molecule has 0 bridgehead atoms. The van der Waals surface area contributed by atoms with E-state index in [0.717, 1.165) is 23.2 Å². The Morgan fingerprint density at radius 3 is 2.61 bits per heavy atom. The summed E-state index contributed by atoms with van der Waals surface area (Å²) in [6, 6.07) is 5.39. The summed E-state index contributed by atoms with van der Waals surface area (Å²) in [6.45, 7) is 5.09. The van der Waals surface area contributed by atoms with Gasteiger partial charge in [-0.3, -0.25) is 4.79 Å². The first kappa shape index (κ1) is 15.0.